The molecule has 1 aromatic carbocycles. The van der Waals surface area contributed by atoms with E-state index in [-0.39, 0.29) is 18.5 Å². The van der Waals surface area contributed by atoms with E-state index in [0.29, 0.717) is 5.69 Å². The molecule has 1 aliphatic rings. The molecule has 2 N–H and O–H groups in total. The summed E-state index contributed by atoms with van der Waals surface area (Å²) >= 11 is 17.1. The summed E-state index contributed by atoms with van der Waals surface area (Å²) in [5.74, 6) is 0.169. The molecular weight excluding hydrogens is 403 g/mol. The van der Waals surface area contributed by atoms with Crippen molar-refractivity contribution in [3.05, 3.63) is 29.8 Å². The van der Waals surface area contributed by atoms with Gasteiger partial charge in [0.05, 0.1) is 6.54 Å². The van der Waals surface area contributed by atoms with Gasteiger partial charge in [-0.1, -0.05) is 46.9 Å². The minimum absolute atomic E-state index is 0.00690. The molecule has 0 aliphatic heterocycles. The van der Waals surface area contributed by atoms with Crippen LogP contribution in [0.5, 0.6) is 0 Å². The predicted molar refractivity (Wildman–Crippen MR) is 103 cm³/mol. The van der Waals surface area contributed by atoms with Gasteiger partial charge in [0.2, 0.25) is 3.79 Å². The molecule has 26 heavy (non-hydrogen) atoms. The Morgan fingerprint density at radius 1 is 1.23 bits per heavy atom. The molecule has 1 aromatic rings. The molecule has 0 radical (unpaired) electrons. The van der Waals surface area contributed by atoms with E-state index in [1.807, 2.05) is 12.1 Å². The largest absolute Gasteiger partial charge is 0.465 e. The summed E-state index contributed by atoms with van der Waals surface area (Å²) < 4.78 is 3.52. The van der Waals surface area contributed by atoms with Crippen LogP contribution in [-0.2, 0) is 4.74 Å². The molecule has 0 heterocycles. The van der Waals surface area contributed by atoms with E-state index in [0.717, 1.165) is 16.9 Å². The van der Waals surface area contributed by atoms with Crippen molar-refractivity contribution in [2.75, 3.05) is 11.4 Å². The van der Waals surface area contributed by atoms with Crippen LogP contribution in [0.2, 0.25) is 0 Å². The van der Waals surface area contributed by atoms with E-state index in [1.54, 1.807) is 32.9 Å². The van der Waals surface area contributed by atoms with E-state index in [2.05, 4.69) is 5.32 Å². The van der Waals surface area contributed by atoms with E-state index >= 15 is 0 Å². The fourth-order valence-corrected chi connectivity index (χ4v) is 2.89. The van der Waals surface area contributed by atoms with Crippen LogP contribution in [0.15, 0.2) is 24.3 Å². The van der Waals surface area contributed by atoms with Crippen LogP contribution in [-0.4, -0.2) is 39.3 Å². The quantitative estimate of drug-likeness (QED) is 0.674. The maximum absolute atomic E-state index is 11.8. The number of carbonyl (C=O) groups excluding carboxylic acids is 1. The van der Waals surface area contributed by atoms with E-state index < -0.39 is 21.6 Å². The molecule has 2 rings (SSSR count). The second kappa shape index (κ2) is 7.71. The fraction of sp³-hybridized carbons (Fsp3) is 0.529. The molecule has 6 nitrogen and oxygen atoms in total. The topological polar surface area (TPSA) is 78.9 Å². The molecule has 0 unspecified atom stereocenters. The molecule has 9 heteroatoms. The molecule has 2 atom stereocenters. The Hall–Kier alpha value is -1.37. The predicted octanol–water partition coefficient (Wildman–Crippen LogP) is 4.92. The van der Waals surface area contributed by atoms with Crippen molar-refractivity contribution in [1.29, 1.82) is 0 Å². The smallest absolute Gasteiger partial charge is 0.411 e. The summed E-state index contributed by atoms with van der Waals surface area (Å²) in [7, 11) is 0. The third-order valence-corrected chi connectivity index (χ3v) is 4.05. The Morgan fingerprint density at radius 2 is 1.81 bits per heavy atom. The second-order valence-corrected chi connectivity index (χ2v) is 9.69. The van der Waals surface area contributed by atoms with Gasteiger partial charge in [-0.2, -0.15) is 0 Å². The summed E-state index contributed by atoms with van der Waals surface area (Å²) in [6.45, 7) is 5.14. The number of carbonyl (C=O) groups is 2. The standard InChI is InChI=1S/C17H21Cl3N2O4/c1-16(2,3)26-14(23)21-13-8-12(13)10-4-6-11(7-5-10)22(15(24)25)9-17(18,19)20/h4-7,12-13H,8-9H2,1-3H3,(H,21,23)(H,24,25)/t12-,13+/m0/s1. The van der Waals surface area contributed by atoms with Gasteiger partial charge in [-0.05, 0) is 44.9 Å². The van der Waals surface area contributed by atoms with Crippen molar-refractivity contribution in [3.63, 3.8) is 0 Å². The van der Waals surface area contributed by atoms with E-state index in [1.165, 1.54) is 0 Å². The van der Waals surface area contributed by atoms with E-state index in [9.17, 15) is 14.7 Å². The van der Waals surface area contributed by atoms with Crippen molar-refractivity contribution < 1.29 is 19.4 Å². The van der Waals surface area contributed by atoms with Gasteiger partial charge < -0.3 is 15.2 Å². The number of hydrogen-bond donors (Lipinski definition) is 2. The lowest BCUT2D eigenvalue weighted by Crippen LogP contribution is -2.36. The van der Waals surface area contributed by atoms with Gasteiger partial charge in [-0.3, -0.25) is 4.90 Å². The Kier molecular flexibility index (Phi) is 6.20. The average molecular weight is 424 g/mol. The minimum Gasteiger partial charge on any atom is -0.465 e. The third-order valence-electron chi connectivity index (χ3n) is 3.69. The number of alkyl halides is 3. The summed E-state index contributed by atoms with van der Waals surface area (Å²) in [5.41, 5.74) is 0.859. The van der Waals surface area contributed by atoms with Crippen molar-refractivity contribution in [2.45, 2.75) is 48.5 Å². The lowest BCUT2D eigenvalue weighted by atomic mass is 10.1. The first kappa shape index (κ1) is 20.9. The number of halogens is 3. The summed E-state index contributed by atoms with van der Waals surface area (Å²) in [5, 5.41) is 12.1. The molecule has 1 aliphatic carbocycles. The zero-order chi connectivity index (χ0) is 19.7. The lowest BCUT2D eigenvalue weighted by molar-refractivity contribution is 0.0522. The second-order valence-electron chi connectivity index (χ2n) is 7.17. The Morgan fingerprint density at radius 3 is 2.27 bits per heavy atom. The van der Waals surface area contributed by atoms with Gasteiger partial charge in [0.15, 0.2) is 0 Å². The monoisotopic (exact) mass is 422 g/mol. The number of nitrogens with zero attached hydrogens (tertiary/aromatic N) is 1. The van der Waals surface area contributed by atoms with Crippen molar-refractivity contribution in [3.8, 4) is 0 Å². The van der Waals surface area contributed by atoms with E-state index in [4.69, 9.17) is 39.5 Å². The molecule has 1 saturated carbocycles. The number of amides is 2. The fourth-order valence-electron chi connectivity index (χ4n) is 2.53. The van der Waals surface area contributed by atoms with Crippen LogP contribution in [0.25, 0.3) is 0 Å². The van der Waals surface area contributed by atoms with Gasteiger partial charge in [-0.25, -0.2) is 9.59 Å². The lowest BCUT2D eigenvalue weighted by Gasteiger charge is -2.23. The number of hydrogen-bond acceptors (Lipinski definition) is 3. The van der Waals surface area contributed by atoms with Crippen LogP contribution >= 0.6 is 34.8 Å². The molecule has 0 aromatic heterocycles. The number of alkyl carbamates (subject to hydrolysis) is 1. The highest BCUT2D eigenvalue weighted by Crippen LogP contribution is 2.41. The SMILES string of the molecule is CC(C)(C)OC(=O)N[C@@H]1C[C@H]1c1ccc(N(CC(Cl)(Cl)Cl)C(=O)O)cc1. The zero-order valence-electron chi connectivity index (χ0n) is 14.6. The first-order valence-corrected chi connectivity index (χ1v) is 9.16. The van der Waals surface area contributed by atoms with Crippen molar-refractivity contribution in [2.24, 2.45) is 0 Å². The number of nitrogens with one attached hydrogen (secondary N) is 1. The van der Waals surface area contributed by atoms with Gasteiger partial charge in [0.1, 0.15) is 5.60 Å². The number of benzene rings is 1. The highest BCUT2D eigenvalue weighted by atomic mass is 35.6. The summed E-state index contributed by atoms with van der Waals surface area (Å²) in [4.78, 5) is 24.2. The molecular formula is C17H21Cl3N2O4. The maximum Gasteiger partial charge on any atom is 0.411 e. The Bertz CT molecular complexity index is 668. The molecule has 2 amide bonds. The number of carboxylic acid groups (broad SMARTS) is 1. The highest BCUT2D eigenvalue weighted by Gasteiger charge is 2.40. The summed E-state index contributed by atoms with van der Waals surface area (Å²) in [6.07, 6.45) is -0.851. The molecule has 0 spiro atoms. The zero-order valence-corrected chi connectivity index (χ0v) is 16.9. The van der Waals surface area contributed by atoms with Crippen LogP contribution in [0.3, 0.4) is 0 Å². The number of anilines is 1. The first-order valence-electron chi connectivity index (χ1n) is 8.02. The van der Waals surface area contributed by atoms with Gasteiger partial charge in [0.25, 0.3) is 0 Å². The summed E-state index contributed by atoms with van der Waals surface area (Å²) in [6, 6.07) is 6.94. The van der Waals surface area contributed by atoms with Crippen molar-refractivity contribution in [1.82, 2.24) is 5.32 Å². The van der Waals surface area contributed by atoms with Crippen LogP contribution < -0.4 is 10.2 Å². The normalized spacial score (nSPS) is 19.6. The maximum atomic E-state index is 11.8. The van der Waals surface area contributed by atoms with Gasteiger partial charge in [-0.15, -0.1) is 0 Å². The van der Waals surface area contributed by atoms with Crippen LogP contribution in [0.4, 0.5) is 15.3 Å². The Balaban J connectivity index is 1.98. The molecule has 0 saturated heterocycles. The Labute approximate surface area is 167 Å². The highest BCUT2D eigenvalue weighted by molar-refractivity contribution is 6.68. The molecule has 144 valence electrons. The number of ether oxygens (including phenoxy) is 1. The van der Waals surface area contributed by atoms with Crippen LogP contribution in [0, 0.1) is 0 Å². The van der Waals surface area contributed by atoms with Gasteiger partial charge >= 0.3 is 12.2 Å². The first-order chi connectivity index (χ1) is 11.9. The molecule has 0 bridgehead atoms. The minimum atomic E-state index is -1.71. The van der Waals surface area contributed by atoms with Crippen LogP contribution in [0.1, 0.15) is 38.7 Å². The van der Waals surface area contributed by atoms with Gasteiger partial charge in [0, 0.05) is 17.6 Å². The third kappa shape index (κ3) is 6.41. The van der Waals surface area contributed by atoms with Crippen molar-refractivity contribution >= 4 is 52.7 Å². The number of rotatable bonds is 4. The molecule has 1 fully saturated rings. The average Bonchev–Trinajstić information content (AvgIpc) is 3.20.